The molecule has 0 unspecified atom stereocenters. The monoisotopic (exact) mass is 1370 g/mol. The minimum absolute atomic E-state index is 0.116. The number of fused-ring (bicyclic) bond motifs is 4. The summed E-state index contributed by atoms with van der Waals surface area (Å²) in [5.41, 5.74) is 21.8. The molecule has 0 atom stereocenters. The number of ether oxygens (including phenoxy) is 1. The van der Waals surface area contributed by atoms with Crippen molar-refractivity contribution in [3.05, 3.63) is 163 Å². The molecule has 5 heterocycles. The van der Waals surface area contributed by atoms with Gasteiger partial charge >= 0.3 is 6.09 Å². The first-order chi connectivity index (χ1) is 46.4. The Bertz CT molecular complexity index is 4120. The Morgan fingerprint density at radius 1 is 0.551 bits per heavy atom. The number of piperidine rings is 1. The van der Waals surface area contributed by atoms with Crippen LogP contribution in [0.2, 0.25) is 33.2 Å². The minimum Gasteiger partial charge on any atom is -0.444 e. The van der Waals surface area contributed by atoms with Crippen LogP contribution >= 0.6 is 0 Å². The second-order valence-electron chi connectivity index (χ2n) is 30.3. The number of nitro benzene ring substituents is 3. The molecule has 1 aliphatic heterocycles. The average Bonchev–Trinajstić information content (AvgIpc) is 1.54. The van der Waals surface area contributed by atoms with E-state index in [-0.39, 0.29) is 38.8 Å². The SMILES string of the molecule is CC(C)(C)OC(=O)N1CCC(=O)CC1.CC(C)[Si](C(C)C)(C(C)C)n1cc(C2=CCCCC2)c2ccc([N+](=O)[O-])cc21.CC(C)[Si](C(C)C)(C(C)C)n1cc(C2CCCCC2)c2ccc(N)cc21.O=[N+]([O-])c1ccc2c(C3=CCCCC3)c[nH]c2c1.O=[N+]([O-])c1ccc2cc[nH]c2c1. The van der Waals surface area contributed by atoms with Crippen LogP contribution in [0.5, 0.6) is 0 Å². The summed E-state index contributed by atoms with van der Waals surface area (Å²) in [6, 6.07) is 23.7. The number of Topliss-reactive ketones (excluding diaryl/α,β-unsaturated/α-hetero) is 1. The van der Waals surface area contributed by atoms with E-state index in [9.17, 15) is 39.9 Å². The van der Waals surface area contributed by atoms with Gasteiger partial charge in [0.25, 0.3) is 17.1 Å². The lowest BCUT2D eigenvalue weighted by Crippen LogP contribution is -2.51. The Labute approximate surface area is 581 Å². The van der Waals surface area contributed by atoms with Gasteiger partial charge in [-0.1, -0.05) is 121 Å². The van der Waals surface area contributed by atoms with Crippen LogP contribution in [-0.2, 0) is 9.53 Å². The van der Waals surface area contributed by atoms with Gasteiger partial charge < -0.3 is 33.8 Å². The highest BCUT2D eigenvalue weighted by Gasteiger charge is 2.48. The highest BCUT2D eigenvalue weighted by Crippen LogP contribution is 2.49. The number of H-pyrrole nitrogens is 2. The molecular formula is C78H109N9O9Si2. The fraction of sp³-hybridized carbons (Fsp3) is 0.513. The summed E-state index contributed by atoms with van der Waals surface area (Å²) < 4.78 is 10.5. The van der Waals surface area contributed by atoms with Crippen LogP contribution in [0.25, 0.3) is 54.8 Å². The molecule has 1 saturated carbocycles. The van der Waals surface area contributed by atoms with Crippen molar-refractivity contribution in [1.82, 2.24) is 23.3 Å². The first kappa shape index (κ1) is 75.7. The van der Waals surface area contributed by atoms with Crippen LogP contribution in [0.4, 0.5) is 27.5 Å². The average molecular weight is 1370 g/mol. The molecule has 4 aromatic carbocycles. The number of non-ortho nitro benzene ring substituents is 3. The maximum Gasteiger partial charge on any atom is 0.410 e. The van der Waals surface area contributed by atoms with E-state index in [0.717, 1.165) is 64.6 Å². The zero-order chi connectivity index (χ0) is 71.6. The van der Waals surface area contributed by atoms with E-state index < -0.39 is 27.0 Å². The molecule has 4 aliphatic rings. The van der Waals surface area contributed by atoms with E-state index in [1.54, 1.807) is 40.9 Å². The molecule has 20 heteroatoms. The van der Waals surface area contributed by atoms with E-state index in [0.29, 0.717) is 59.2 Å². The summed E-state index contributed by atoms with van der Waals surface area (Å²) in [5.74, 6) is 0.958. The number of carbonyl (C=O) groups excluding carboxylic acids is 2. The molecule has 18 nitrogen and oxygen atoms in total. The van der Waals surface area contributed by atoms with Crippen molar-refractivity contribution < 1.29 is 29.1 Å². The van der Waals surface area contributed by atoms with E-state index in [1.165, 1.54) is 108 Å². The number of nitrogens with one attached hydrogen (secondary N) is 2. The lowest BCUT2D eigenvalue weighted by Gasteiger charge is -2.44. The van der Waals surface area contributed by atoms with Crippen molar-refractivity contribution in [2.45, 2.75) is 245 Å². The van der Waals surface area contributed by atoms with Gasteiger partial charge in [-0.3, -0.25) is 35.1 Å². The van der Waals surface area contributed by atoms with Crippen LogP contribution in [0.1, 0.15) is 223 Å². The van der Waals surface area contributed by atoms with Gasteiger partial charge in [-0.05, 0) is 189 Å². The molecule has 1 amide bonds. The number of nitrogens with zero attached hydrogens (tertiary/aromatic N) is 6. The Kier molecular flexibility index (Phi) is 25.3. The summed E-state index contributed by atoms with van der Waals surface area (Å²) >= 11 is 0. The molecule has 2 fully saturated rings. The third kappa shape index (κ3) is 16.9. The number of benzene rings is 4. The minimum atomic E-state index is -2.00. The van der Waals surface area contributed by atoms with Gasteiger partial charge in [-0.25, -0.2) is 4.79 Å². The van der Waals surface area contributed by atoms with Crippen LogP contribution in [0.3, 0.4) is 0 Å². The number of allylic oxidation sites excluding steroid dienone is 4. The first-order valence-corrected chi connectivity index (χ1v) is 40.3. The van der Waals surface area contributed by atoms with Gasteiger partial charge in [-0.15, -0.1) is 0 Å². The quantitative estimate of drug-likeness (QED) is 0.0402. The number of anilines is 1. The van der Waals surface area contributed by atoms with Crippen LogP contribution in [0.15, 0.2) is 116 Å². The third-order valence-electron chi connectivity index (χ3n) is 21.2. The van der Waals surface area contributed by atoms with Crippen molar-refractivity contribution in [1.29, 1.82) is 0 Å². The molecule has 8 aromatic rings. The van der Waals surface area contributed by atoms with Gasteiger partial charge in [-0.2, -0.15) is 0 Å². The number of likely N-dealkylation sites (tertiary alicyclic amines) is 1. The second kappa shape index (κ2) is 32.7. The van der Waals surface area contributed by atoms with Gasteiger partial charge in [0.05, 0.1) is 25.8 Å². The predicted molar refractivity (Wildman–Crippen MR) is 409 cm³/mol. The summed E-state index contributed by atoms with van der Waals surface area (Å²) in [5, 5.41) is 37.3. The van der Waals surface area contributed by atoms with Crippen molar-refractivity contribution in [2.24, 2.45) is 0 Å². The summed E-state index contributed by atoms with van der Waals surface area (Å²) in [4.78, 5) is 61.7. The smallest absolute Gasteiger partial charge is 0.410 e. The Morgan fingerprint density at radius 3 is 1.54 bits per heavy atom. The van der Waals surface area contributed by atoms with Gasteiger partial charge in [0.15, 0.2) is 16.5 Å². The van der Waals surface area contributed by atoms with E-state index in [4.69, 9.17) is 10.5 Å². The summed E-state index contributed by atoms with van der Waals surface area (Å²) in [6.45, 7) is 35.2. The molecular weight excluding hydrogens is 1260 g/mol. The number of amides is 1. The number of nitrogens with two attached hydrogens (primary N) is 1. The molecule has 0 spiro atoms. The number of aromatic amines is 2. The Hall–Kier alpha value is -8.11. The number of ketones is 1. The number of hydrogen-bond donors (Lipinski definition) is 3. The topological polar surface area (TPSA) is 243 Å². The fourth-order valence-electron chi connectivity index (χ4n) is 17.0. The van der Waals surface area contributed by atoms with Gasteiger partial charge in [0.1, 0.15) is 11.4 Å². The molecule has 0 radical (unpaired) electrons. The largest absolute Gasteiger partial charge is 0.444 e. The van der Waals surface area contributed by atoms with Crippen molar-refractivity contribution in [3.8, 4) is 0 Å². The molecule has 1 saturated heterocycles. The summed E-state index contributed by atoms with van der Waals surface area (Å²) in [7, 11) is -3.77. The zero-order valence-corrected chi connectivity index (χ0v) is 63.0. The molecule has 0 bridgehead atoms. The maximum absolute atomic E-state index is 11.5. The fourth-order valence-corrected chi connectivity index (χ4v) is 30.2. The normalized spacial score (nSPS) is 15.8. The number of rotatable bonds is 14. The Morgan fingerprint density at radius 2 is 1.03 bits per heavy atom. The highest BCUT2D eigenvalue weighted by atomic mass is 28.3. The van der Waals surface area contributed by atoms with E-state index in [2.05, 4.69) is 144 Å². The molecule has 98 heavy (non-hydrogen) atoms. The first-order valence-electron chi connectivity index (χ1n) is 36.0. The third-order valence-corrected chi connectivity index (χ3v) is 34.7. The van der Waals surface area contributed by atoms with Crippen LogP contribution in [0, 0.1) is 30.3 Å². The van der Waals surface area contributed by atoms with Crippen LogP contribution < -0.4 is 5.73 Å². The number of carbonyl (C=O) groups is 2. The zero-order valence-electron chi connectivity index (χ0n) is 61.0. The van der Waals surface area contributed by atoms with Gasteiger partial charge in [0.2, 0.25) is 0 Å². The number of aromatic nitrogens is 4. The van der Waals surface area contributed by atoms with Crippen molar-refractivity contribution in [2.75, 3.05) is 18.8 Å². The van der Waals surface area contributed by atoms with E-state index >= 15 is 0 Å². The maximum atomic E-state index is 11.5. The highest BCUT2D eigenvalue weighted by molar-refractivity contribution is 6.83. The van der Waals surface area contributed by atoms with Crippen molar-refractivity contribution >= 4 is 106 Å². The Balaban J connectivity index is 0.000000162. The standard InChI is InChI=1S/C23H34N2O2Si.C23H38N2Si.C14H14N2O2.C10H17NO3.C8H6N2O2/c1-16(2)28(17(3)4,18(5)6)24-15-22(19-10-8-7-9-11-19)21-13-12-20(25(26)27)14-23(21)24;1-16(2)26(17(3)4,18(5)6)25-15-22(19-10-8-7-9-11-19)21-13-12-20(24)14-23(21)25;17-16(18)11-6-7-12-13(9-15-14(12)8-11)10-4-2-1-3-5-10;1-10(2,3)14-9(13)11-6-4-8(12)5-7-11;11-10(12)7-2-1-6-3-4-9-8(6)5-7/h10,12-18H,7-9,11H2,1-6H3;12-19H,7-11,24H2,1-6H3;4,6-9,15H,1-3,5H2;4-7H2,1-3H3;1-5,9H. The lowest BCUT2D eigenvalue weighted by molar-refractivity contribution is -0.384. The number of nitro groups is 3. The lowest BCUT2D eigenvalue weighted by atomic mass is 9.84. The molecule has 528 valence electrons. The second-order valence-corrected chi connectivity index (χ2v) is 41.7. The summed E-state index contributed by atoms with van der Waals surface area (Å²) in [6.07, 6.45) is 30.3. The predicted octanol–water partition coefficient (Wildman–Crippen LogP) is 22.5. The number of nitrogen functional groups attached to an aromatic ring is 1. The molecule has 12 rings (SSSR count). The van der Waals surface area contributed by atoms with Gasteiger partial charge in [0, 0.05) is 125 Å². The van der Waals surface area contributed by atoms with Crippen LogP contribution in [-0.4, -0.2) is 85.1 Å². The van der Waals surface area contributed by atoms with E-state index in [1.807, 2.05) is 51.2 Å². The van der Waals surface area contributed by atoms with Crippen molar-refractivity contribution in [3.63, 3.8) is 0 Å². The molecule has 4 N–H and O–H groups in total. The number of hydrogen-bond acceptors (Lipinski definition) is 10. The molecule has 3 aliphatic carbocycles. The molecule has 4 aromatic heterocycles.